The Hall–Kier alpha value is -0.770. The van der Waals surface area contributed by atoms with Crippen molar-refractivity contribution in [2.45, 2.75) is 6.42 Å². The van der Waals surface area contributed by atoms with Crippen LogP contribution in [0, 0.1) is 5.92 Å². The van der Waals surface area contributed by atoms with Crippen molar-refractivity contribution in [3.05, 3.63) is 28.3 Å². The van der Waals surface area contributed by atoms with Crippen molar-refractivity contribution < 1.29 is 9.53 Å². The smallest absolute Gasteiger partial charge is 0.169 e. The first-order chi connectivity index (χ1) is 8.04. The SMILES string of the molecule is COc1ccc(Cl)c2c1CC(CN(C)C)C2=O.Cl. The number of Topliss-reactive ketones (excluding diaryl/α,β-unsaturated/α-hetero) is 1. The van der Waals surface area contributed by atoms with Gasteiger partial charge in [-0.1, -0.05) is 11.6 Å². The summed E-state index contributed by atoms with van der Waals surface area (Å²) in [6.07, 6.45) is 0.718. The summed E-state index contributed by atoms with van der Waals surface area (Å²) in [7, 11) is 5.55. The minimum Gasteiger partial charge on any atom is -0.496 e. The number of carbonyl (C=O) groups excluding carboxylic acids is 1. The first kappa shape index (κ1) is 15.3. The van der Waals surface area contributed by atoms with Gasteiger partial charge in [0.15, 0.2) is 5.78 Å². The Bertz CT molecular complexity index is 461. The van der Waals surface area contributed by atoms with E-state index in [0.29, 0.717) is 10.6 Å². The second-order valence-electron chi connectivity index (χ2n) is 4.63. The molecule has 1 unspecified atom stereocenters. The zero-order valence-electron chi connectivity index (χ0n) is 10.7. The average molecular weight is 290 g/mol. The van der Waals surface area contributed by atoms with E-state index in [1.165, 1.54) is 0 Å². The minimum absolute atomic E-state index is 0. The van der Waals surface area contributed by atoms with E-state index in [1.54, 1.807) is 13.2 Å². The molecule has 0 fully saturated rings. The Balaban J connectivity index is 0.00000162. The van der Waals surface area contributed by atoms with Gasteiger partial charge in [0.25, 0.3) is 0 Å². The van der Waals surface area contributed by atoms with Crippen molar-refractivity contribution in [2.24, 2.45) is 5.92 Å². The van der Waals surface area contributed by atoms with E-state index in [2.05, 4.69) is 0 Å². The summed E-state index contributed by atoms with van der Waals surface area (Å²) in [5.74, 6) is 0.894. The zero-order chi connectivity index (χ0) is 12.6. The van der Waals surface area contributed by atoms with Crippen LogP contribution in [0.15, 0.2) is 12.1 Å². The Kier molecular flexibility index (Phi) is 5.02. The van der Waals surface area contributed by atoms with E-state index in [0.717, 1.165) is 24.3 Å². The van der Waals surface area contributed by atoms with Crippen molar-refractivity contribution in [1.82, 2.24) is 4.90 Å². The molecular formula is C13H17Cl2NO2. The van der Waals surface area contributed by atoms with Gasteiger partial charge in [-0.05, 0) is 32.6 Å². The van der Waals surface area contributed by atoms with E-state index in [9.17, 15) is 4.79 Å². The highest BCUT2D eigenvalue weighted by Crippen LogP contribution is 2.38. The van der Waals surface area contributed by atoms with Crippen molar-refractivity contribution in [3.63, 3.8) is 0 Å². The fourth-order valence-corrected chi connectivity index (χ4v) is 2.66. The average Bonchev–Trinajstić information content (AvgIpc) is 2.57. The van der Waals surface area contributed by atoms with Crippen LogP contribution in [0.25, 0.3) is 0 Å². The predicted octanol–water partition coefficient (Wildman–Crippen LogP) is 2.69. The number of halogens is 2. The van der Waals surface area contributed by atoms with Crippen LogP contribution >= 0.6 is 24.0 Å². The van der Waals surface area contributed by atoms with Crippen LogP contribution in [0.4, 0.5) is 0 Å². The highest BCUT2D eigenvalue weighted by atomic mass is 35.5. The van der Waals surface area contributed by atoms with Crippen molar-refractivity contribution in [1.29, 1.82) is 0 Å². The van der Waals surface area contributed by atoms with Crippen LogP contribution in [0.5, 0.6) is 5.75 Å². The van der Waals surface area contributed by atoms with Crippen LogP contribution in [0.2, 0.25) is 5.02 Å². The van der Waals surface area contributed by atoms with Gasteiger partial charge in [-0.3, -0.25) is 4.79 Å². The molecule has 2 rings (SSSR count). The molecule has 1 aliphatic rings. The maximum absolute atomic E-state index is 12.3. The van der Waals surface area contributed by atoms with E-state index in [-0.39, 0.29) is 24.1 Å². The second kappa shape index (κ2) is 5.91. The van der Waals surface area contributed by atoms with E-state index < -0.39 is 0 Å². The first-order valence-corrected chi connectivity index (χ1v) is 5.96. The number of methoxy groups -OCH3 is 1. The fraction of sp³-hybridized carbons (Fsp3) is 0.462. The van der Waals surface area contributed by atoms with Crippen LogP contribution in [-0.2, 0) is 6.42 Å². The highest BCUT2D eigenvalue weighted by Gasteiger charge is 2.34. The summed E-state index contributed by atoms with van der Waals surface area (Å²) < 4.78 is 5.29. The molecule has 0 N–H and O–H groups in total. The van der Waals surface area contributed by atoms with Gasteiger partial charge in [0, 0.05) is 23.6 Å². The number of hydrogen-bond donors (Lipinski definition) is 0. The molecule has 0 saturated heterocycles. The maximum Gasteiger partial charge on any atom is 0.169 e. The summed E-state index contributed by atoms with van der Waals surface area (Å²) in [5, 5.41) is 0.534. The highest BCUT2D eigenvalue weighted by molar-refractivity contribution is 6.34. The molecule has 0 amide bonds. The summed E-state index contributed by atoms with van der Waals surface area (Å²) in [4.78, 5) is 14.3. The summed E-state index contributed by atoms with van der Waals surface area (Å²) in [6.45, 7) is 0.743. The van der Waals surface area contributed by atoms with E-state index >= 15 is 0 Å². The molecular weight excluding hydrogens is 273 g/mol. The van der Waals surface area contributed by atoms with Gasteiger partial charge < -0.3 is 9.64 Å². The molecule has 0 radical (unpaired) electrons. The van der Waals surface area contributed by atoms with Gasteiger partial charge in [-0.2, -0.15) is 0 Å². The van der Waals surface area contributed by atoms with Crippen molar-refractivity contribution in [2.75, 3.05) is 27.7 Å². The van der Waals surface area contributed by atoms with Crippen LogP contribution in [0.1, 0.15) is 15.9 Å². The normalized spacial score (nSPS) is 17.6. The van der Waals surface area contributed by atoms with Crippen LogP contribution in [-0.4, -0.2) is 38.4 Å². The van der Waals surface area contributed by atoms with E-state index in [1.807, 2.05) is 25.1 Å². The standard InChI is InChI=1S/C13H16ClNO2.ClH/c1-15(2)7-8-6-9-11(17-3)5-4-10(14)12(9)13(8)16;/h4-5,8H,6-7H2,1-3H3;1H. The molecule has 0 heterocycles. The molecule has 0 aliphatic heterocycles. The number of benzene rings is 1. The van der Waals surface area contributed by atoms with Crippen molar-refractivity contribution in [3.8, 4) is 5.75 Å². The molecule has 18 heavy (non-hydrogen) atoms. The molecule has 1 aliphatic carbocycles. The van der Waals surface area contributed by atoms with Crippen LogP contribution < -0.4 is 4.74 Å². The largest absolute Gasteiger partial charge is 0.496 e. The maximum atomic E-state index is 12.3. The number of ether oxygens (including phenoxy) is 1. The third-order valence-electron chi connectivity index (χ3n) is 3.09. The van der Waals surface area contributed by atoms with Gasteiger partial charge in [0.05, 0.1) is 12.1 Å². The lowest BCUT2D eigenvalue weighted by Gasteiger charge is -2.14. The number of rotatable bonds is 3. The quantitative estimate of drug-likeness (QED) is 0.857. The van der Waals surface area contributed by atoms with Gasteiger partial charge in [-0.15, -0.1) is 12.4 Å². The number of carbonyl (C=O) groups is 1. The summed E-state index contributed by atoms with van der Waals surface area (Å²) in [6, 6.07) is 3.56. The molecule has 5 heteroatoms. The topological polar surface area (TPSA) is 29.5 Å². The lowest BCUT2D eigenvalue weighted by molar-refractivity contribution is 0.0916. The Morgan fingerprint density at radius 1 is 1.44 bits per heavy atom. The predicted molar refractivity (Wildman–Crippen MR) is 75.3 cm³/mol. The van der Waals surface area contributed by atoms with Gasteiger partial charge >= 0.3 is 0 Å². The Morgan fingerprint density at radius 3 is 2.67 bits per heavy atom. The van der Waals surface area contributed by atoms with Gasteiger partial charge in [-0.25, -0.2) is 0 Å². The minimum atomic E-state index is -0.00574. The number of nitrogens with zero attached hydrogens (tertiary/aromatic N) is 1. The molecule has 1 aromatic rings. The van der Waals surface area contributed by atoms with E-state index in [4.69, 9.17) is 16.3 Å². The molecule has 0 saturated carbocycles. The fourth-order valence-electron chi connectivity index (χ4n) is 2.39. The number of fused-ring (bicyclic) bond motifs is 1. The molecule has 1 atom stereocenters. The Labute approximate surface area is 118 Å². The van der Waals surface area contributed by atoms with Crippen molar-refractivity contribution >= 4 is 29.8 Å². The number of hydrogen-bond acceptors (Lipinski definition) is 3. The Morgan fingerprint density at radius 2 is 2.11 bits per heavy atom. The molecule has 0 bridgehead atoms. The molecule has 100 valence electrons. The molecule has 0 spiro atoms. The molecule has 0 aromatic heterocycles. The van der Waals surface area contributed by atoms with Gasteiger partial charge in [0.1, 0.15) is 5.75 Å². The third-order valence-corrected chi connectivity index (χ3v) is 3.41. The third kappa shape index (κ3) is 2.63. The monoisotopic (exact) mass is 289 g/mol. The zero-order valence-corrected chi connectivity index (χ0v) is 12.3. The summed E-state index contributed by atoms with van der Waals surface area (Å²) >= 11 is 6.11. The first-order valence-electron chi connectivity index (χ1n) is 5.59. The lowest BCUT2D eigenvalue weighted by Crippen LogP contribution is -2.25. The summed E-state index contributed by atoms with van der Waals surface area (Å²) in [5.41, 5.74) is 1.61. The van der Waals surface area contributed by atoms with Gasteiger partial charge in [0.2, 0.25) is 0 Å². The van der Waals surface area contributed by atoms with Crippen LogP contribution in [0.3, 0.4) is 0 Å². The molecule has 1 aromatic carbocycles. The lowest BCUT2D eigenvalue weighted by atomic mass is 10.1. The molecule has 3 nitrogen and oxygen atoms in total. The second-order valence-corrected chi connectivity index (χ2v) is 5.04. The number of ketones is 1.